The third-order valence-corrected chi connectivity index (χ3v) is 5.94. The SMILES string of the molecule is O=C(c1cc(F)cc2c1CNCC2)N1CCC(n2cnc3ccccc3c2=O)C1. The van der Waals surface area contributed by atoms with Gasteiger partial charge in [-0.05, 0) is 54.8 Å². The van der Waals surface area contributed by atoms with Crippen molar-refractivity contribution in [1.82, 2.24) is 19.8 Å². The first-order valence-corrected chi connectivity index (χ1v) is 9.89. The zero-order valence-corrected chi connectivity index (χ0v) is 15.9. The number of hydrogen-bond acceptors (Lipinski definition) is 4. The number of carbonyl (C=O) groups excluding carboxylic acids is 1. The van der Waals surface area contributed by atoms with Crippen LogP contribution in [0.5, 0.6) is 0 Å². The van der Waals surface area contributed by atoms with Crippen molar-refractivity contribution >= 4 is 16.8 Å². The number of benzene rings is 2. The largest absolute Gasteiger partial charge is 0.336 e. The number of halogens is 1. The molecule has 3 heterocycles. The van der Waals surface area contributed by atoms with E-state index < -0.39 is 0 Å². The molecule has 0 radical (unpaired) electrons. The van der Waals surface area contributed by atoms with Gasteiger partial charge in [0.25, 0.3) is 11.5 Å². The molecular weight excluding hydrogens is 371 g/mol. The van der Waals surface area contributed by atoms with Crippen molar-refractivity contribution in [2.75, 3.05) is 19.6 Å². The Morgan fingerprint density at radius 2 is 2.10 bits per heavy atom. The van der Waals surface area contributed by atoms with Gasteiger partial charge in [0.1, 0.15) is 5.82 Å². The number of fused-ring (bicyclic) bond motifs is 2. The number of amides is 1. The second-order valence-corrected chi connectivity index (χ2v) is 7.69. The van der Waals surface area contributed by atoms with Crippen LogP contribution in [0, 0.1) is 5.82 Å². The number of carbonyl (C=O) groups is 1. The van der Waals surface area contributed by atoms with Crippen molar-refractivity contribution in [3.05, 3.63) is 75.6 Å². The van der Waals surface area contributed by atoms with E-state index in [1.54, 1.807) is 21.9 Å². The Morgan fingerprint density at radius 3 is 3.00 bits per heavy atom. The molecule has 0 spiro atoms. The van der Waals surface area contributed by atoms with Gasteiger partial charge in [-0.3, -0.25) is 14.2 Å². The Hall–Kier alpha value is -3.06. The van der Waals surface area contributed by atoms with Gasteiger partial charge in [-0.15, -0.1) is 0 Å². The number of rotatable bonds is 2. The van der Waals surface area contributed by atoms with Crippen LogP contribution in [0.4, 0.5) is 4.39 Å². The summed E-state index contributed by atoms with van der Waals surface area (Å²) in [4.78, 5) is 32.1. The highest BCUT2D eigenvalue weighted by Gasteiger charge is 2.31. The van der Waals surface area contributed by atoms with Crippen molar-refractivity contribution < 1.29 is 9.18 Å². The van der Waals surface area contributed by atoms with Gasteiger partial charge in [0.2, 0.25) is 0 Å². The van der Waals surface area contributed by atoms with Crippen LogP contribution in [0.2, 0.25) is 0 Å². The highest BCUT2D eigenvalue weighted by Crippen LogP contribution is 2.26. The fraction of sp³-hybridized carbons (Fsp3) is 0.318. The van der Waals surface area contributed by atoms with Gasteiger partial charge in [-0.2, -0.15) is 0 Å². The monoisotopic (exact) mass is 392 g/mol. The number of nitrogens with zero attached hydrogens (tertiary/aromatic N) is 3. The number of nitrogens with one attached hydrogen (secondary N) is 1. The molecule has 1 fully saturated rings. The minimum Gasteiger partial charge on any atom is -0.336 e. The third kappa shape index (κ3) is 3.11. The fourth-order valence-electron chi connectivity index (χ4n) is 4.42. The number of hydrogen-bond donors (Lipinski definition) is 1. The molecule has 2 aliphatic heterocycles. The predicted molar refractivity (Wildman–Crippen MR) is 107 cm³/mol. The number of aromatic nitrogens is 2. The van der Waals surface area contributed by atoms with E-state index in [2.05, 4.69) is 10.3 Å². The first-order chi connectivity index (χ1) is 14.1. The second kappa shape index (κ2) is 7.08. The molecule has 1 atom stereocenters. The molecule has 1 N–H and O–H groups in total. The van der Waals surface area contributed by atoms with Crippen LogP contribution < -0.4 is 10.9 Å². The first kappa shape index (κ1) is 18.0. The fourth-order valence-corrected chi connectivity index (χ4v) is 4.42. The minimum absolute atomic E-state index is 0.0952. The molecule has 2 aliphatic rings. The molecule has 3 aromatic rings. The lowest BCUT2D eigenvalue weighted by Gasteiger charge is -2.23. The highest BCUT2D eigenvalue weighted by atomic mass is 19.1. The average Bonchev–Trinajstić information content (AvgIpc) is 3.23. The molecule has 6 nitrogen and oxygen atoms in total. The van der Waals surface area contributed by atoms with E-state index in [9.17, 15) is 14.0 Å². The molecule has 1 unspecified atom stereocenters. The van der Waals surface area contributed by atoms with Crippen molar-refractivity contribution in [3.8, 4) is 0 Å². The molecular formula is C22H21FN4O2. The summed E-state index contributed by atoms with van der Waals surface area (Å²) in [6.07, 6.45) is 2.95. The summed E-state index contributed by atoms with van der Waals surface area (Å²) >= 11 is 0. The summed E-state index contributed by atoms with van der Waals surface area (Å²) in [6.45, 7) is 2.30. The summed E-state index contributed by atoms with van der Waals surface area (Å²) in [5.41, 5.74) is 2.78. The molecule has 1 amide bonds. The first-order valence-electron chi connectivity index (χ1n) is 9.89. The number of likely N-dealkylation sites (tertiary alicyclic amines) is 1. The van der Waals surface area contributed by atoms with Gasteiger partial charge in [0, 0.05) is 25.2 Å². The van der Waals surface area contributed by atoms with Crippen molar-refractivity contribution in [2.45, 2.75) is 25.4 Å². The predicted octanol–water partition coefficient (Wildman–Crippen LogP) is 2.27. The smallest absolute Gasteiger partial charge is 0.261 e. The quantitative estimate of drug-likeness (QED) is 0.727. The third-order valence-electron chi connectivity index (χ3n) is 5.94. The molecule has 0 bridgehead atoms. The Labute approximate surface area is 167 Å². The van der Waals surface area contributed by atoms with Crippen LogP contribution in [0.25, 0.3) is 10.9 Å². The molecule has 0 aliphatic carbocycles. The van der Waals surface area contributed by atoms with E-state index in [1.807, 2.05) is 18.2 Å². The average molecular weight is 392 g/mol. The summed E-state index contributed by atoms with van der Waals surface area (Å²) < 4.78 is 15.7. The molecule has 7 heteroatoms. The van der Waals surface area contributed by atoms with E-state index in [0.717, 1.165) is 17.7 Å². The van der Waals surface area contributed by atoms with Gasteiger partial charge >= 0.3 is 0 Å². The maximum Gasteiger partial charge on any atom is 0.261 e. The van der Waals surface area contributed by atoms with Crippen LogP contribution in [0.1, 0.15) is 33.9 Å². The highest BCUT2D eigenvalue weighted by molar-refractivity contribution is 5.96. The van der Waals surface area contributed by atoms with Crippen molar-refractivity contribution in [1.29, 1.82) is 0 Å². The van der Waals surface area contributed by atoms with Crippen LogP contribution in [0.15, 0.2) is 47.5 Å². The summed E-state index contributed by atoms with van der Waals surface area (Å²) in [7, 11) is 0. The number of para-hydroxylation sites is 1. The lowest BCUT2D eigenvalue weighted by Crippen LogP contribution is -2.34. The molecule has 5 rings (SSSR count). The van der Waals surface area contributed by atoms with E-state index in [0.29, 0.717) is 48.9 Å². The van der Waals surface area contributed by atoms with E-state index in [1.165, 1.54) is 12.1 Å². The van der Waals surface area contributed by atoms with Crippen LogP contribution in [-0.4, -0.2) is 40.0 Å². The van der Waals surface area contributed by atoms with Gasteiger partial charge in [0.15, 0.2) is 0 Å². The Balaban J connectivity index is 1.43. The van der Waals surface area contributed by atoms with Gasteiger partial charge in [0.05, 0.1) is 23.3 Å². The lowest BCUT2D eigenvalue weighted by molar-refractivity contribution is 0.0785. The van der Waals surface area contributed by atoms with E-state index in [-0.39, 0.29) is 23.3 Å². The summed E-state index contributed by atoms with van der Waals surface area (Å²) in [5.74, 6) is -0.548. The van der Waals surface area contributed by atoms with E-state index >= 15 is 0 Å². The molecule has 1 saturated heterocycles. The molecule has 2 aromatic carbocycles. The normalized spacial score (nSPS) is 18.8. The minimum atomic E-state index is -0.375. The zero-order valence-electron chi connectivity index (χ0n) is 15.9. The van der Waals surface area contributed by atoms with Gasteiger partial charge in [-0.1, -0.05) is 12.1 Å². The Bertz CT molecular complexity index is 1170. The zero-order chi connectivity index (χ0) is 20.0. The Kier molecular flexibility index (Phi) is 4.39. The molecule has 1 aromatic heterocycles. The lowest BCUT2D eigenvalue weighted by atomic mass is 9.95. The molecule has 29 heavy (non-hydrogen) atoms. The summed E-state index contributed by atoms with van der Waals surface area (Å²) in [5, 5.41) is 3.83. The van der Waals surface area contributed by atoms with Crippen molar-refractivity contribution in [3.63, 3.8) is 0 Å². The molecule has 148 valence electrons. The second-order valence-electron chi connectivity index (χ2n) is 7.69. The van der Waals surface area contributed by atoms with Crippen LogP contribution in [0.3, 0.4) is 0 Å². The topological polar surface area (TPSA) is 67.2 Å². The summed E-state index contributed by atoms with van der Waals surface area (Å²) in [6, 6.07) is 9.99. The van der Waals surface area contributed by atoms with Crippen molar-refractivity contribution in [2.24, 2.45) is 0 Å². The van der Waals surface area contributed by atoms with Gasteiger partial charge in [-0.25, -0.2) is 9.37 Å². The standard InChI is InChI=1S/C22H21FN4O2/c23-15-9-14-5-7-24-11-19(14)18(10-15)21(28)26-8-6-16(12-26)27-13-25-20-4-2-1-3-17(20)22(27)29/h1-4,9-10,13,16,24H,5-8,11-12H2. The maximum atomic E-state index is 14.1. The molecule has 0 saturated carbocycles. The maximum absolute atomic E-state index is 14.1. The van der Waals surface area contributed by atoms with E-state index in [4.69, 9.17) is 0 Å². The van der Waals surface area contributed by atoms with Crippen LogP contribution >= 0.6 is 0 Å². The van der Waals surface area contributed by atoms with Crippen LogP contribution in [-0.2, 0) is 13.0 Å². The van der Waals surface area contributed by atoms with Gasteiger partial charge < -0.3 is 10.2 Å². The Morgan fingerprint density at radius 1 is 1.24 bits per heavy atom.